The van der Waals surface area contributed by atoms with Gasteiger partial charge in [0.2, 0.25) is 11.8 Å². The lowest BCUT2D eigenvalue weighted by atomic mass is 10.3. The molecule has 0 fully saturated rings. The summed E-state index contributed by atoms with van der Waals surface area (Å²) in [5, 5.41) is 5.25. The molecule has 2 aromatic heterocycles. The number of rotatable bonds is 6. The molecule has 2 N–H and O–H groups in total. The van der Waals surface area contributed by atoms with E-state index in [-0.39, 0.29) is 24.8 Å². The van der Waals surface area contributed by atoms with Crippen molar-refractivity contribution in [1.82, 2.24) is 10.3 Å². The van der Waals surface area contributed by atoms with E-state index in [0.29, 0.717) is 11.6 Å². The van der Waals surface area contributed by atoms with Crippen LogP contribution >= 0.6 is 0 Å². The Hall–Kier alpha value is -2.89. The van der Waals surface area contributed by atoms with Crippen LogP contribution in [0.15, 0.2) is 53.3 Å². The average molecular weight is 285 g/mol. The smallest absolute Gasteiger partial charge is 0.244 e. The Morgan fingerprint density at radius 1 is 1.24 bits per heavy atom. The molecule has 2 aromatic rings. The summed E-state index contributed by atoms with van der Waals surface area (Å²) >= 11 is 0. The maximum absolute atomic E-state index is 11.6. The topological polar surface area (TPSA) is 84.2 Å². The van der Waals surface area contributed by atoms with Crippen molar-refractivity contribution in [3.63, 3.8) is 0 Å². The predicted molar refractivity (Wildman–Crippen MR) is 78.2 cm³/mol. The van der Waals surface area contributed by atoms with Gasteiger partial charge >= 0.3 is 0 Å². The third-order valence-electron chi connectivity index (χ3n) is 2.53. The number of pyridine rings is 1. The highest BCUT2D eigenvalue weighted by Crippen LogP contribution is 2.02. The number of nitrogens with one attached hydrogen (secondary N) is 2. The van der Waals surface area contributed by atoms with Crippen LogP contribution in [-0.4, -0.2) is 23.3 Å². The molecule has 6 nitrogen and oxygen atoms in total. The Morgan fingerprint density at radius 2 is 2.14 bits per heavy atom. The second-order valence-corrected chi connectivity index (χ2v) is 4.15. The molecule has 2 heterocycles. The van der Waals surface area contributed by atoms with Gasteiger partial charge < -0.3 is 15.1 Å². The summed E-state index contributed by atoms with van der Waals surface area (Å²) in [4.78, 5) is 27.1. The van der Waals surface area contributed by atoms with E-state index in [2.05, 4.69) is 15.6 Å². The van der Waals surface area contributed by atoms with E-state index in [1.807, 2.05) is 0 Å². The summed E-state index contributed by atoms with van der Waals surface area (Å²) in [6.07, 6.45) is 6.21. The summed E-state index contributed by atoms with van der Waals surface area (Å²) in [6.45, 7) is 0.250. The minimum atomic E-state index is -0.281. The Balaban J connectivity index is 1.67. The largest absolute Gasteiger partial charge is 0.465 e. The molecule has 2 rings (SSSR count). The van der Waals surface area contributed by atoms with Gasteiger partial charge in [0.25, 0.3) is 0 Å². The zero-order valence-electron chi connectivity index (χ0n) is 11.3. The van der Waals surface area contributed by atoms with Crippen LogP contribution in [0.3, 0.4) is 0 Å². The van der Waals surface area contributed by atoms with Crippen LogP contribution in [0.1, 0.15) is 12.2 Å². The van der Waals surface area contributed by atoms with Gasteiger partial charge in [-0.3, -0.25) is 9.59 Å². The number of hydrogen-bond acceptors (Lipinski definition) is 4. The molecule has 0 atom stereocenters. The van der Waals surface area contributed by atoms with Crippen LogP contribution in [0, 0.1) is 0 Å². The molecular weight excluding hydrogens is 270 g/mol. The summed E-state index contributed by atoms with van der Waals surface area (Å²) < 4.78 is 5.06. The molecule has 0 aliphatic rings. The van der Waals surface area contributed by atoms with Crippen molar-refractivity contribution in [2.45, 2.75) is 6.42 Å². The maximum atomic E-state index is 11.6. The monoisotopic (exact) mass is 285 g/mol. The fourth-order valence-electron chi connectivity index (χ4n) is 1.54. The fourth-order valence-corrected chi connectivity index (χ4v) is 1.54. The first-order valence-electron chi connectivity index (χ1n) is 6.44. The van der Waals surface area contributed by atoms with Crippen molar-refractivity contribution in [3.05, 3.63) is 54.6 Å². The molecule has 0 aliphatic carbocycles. The standard InChI is InChI=1S/C15H15N3O3/c19-14(7-6-12-4-3-11-21-12)17-10-8-15(20)18-13-5-1-2-9-16-13/h1-7,9,11H,8,10H2,(H,17,19)(H,16,18,20)/b7-6+. The average Bonchev–Trinajstić information content (AvgIpc) is 2.99. The van der Waals surface area contributed by atoms with E-state index in [1.54, 1.807) is 42.6 Å². The minimum absolute atomic E-state index is 0.177. The molecule has 0 saturated heterocycles. The van der Waals surface area contributed by atoms with Crippen LogP contribution in [0.5, 0.6) is 0 Å². The lowest BCUT2D eigenvalue weighted by Crippen LogP contribution is -2.26. The first-order chi connectivity index (χ1) is 10.2. The Morgan fingerprint density at radius 3 is 2.86 bits per heavy atom. The number of nitrogens with zero attached hydrogens (tertiary/aromatic N) is 1. The fraction of sp³-hybridized carbons (Fsp3) is 0.133. The molecule has 0 radical (unpaired) electrons. The van der Waals surface area contributed by atoms with E-state index in [4.69, 9.17) is 4.42 Å². The number of carbonyl (C=O) groups excluding carboxylic acids is 2. The van der Waals surface area contributed by atoms with Crippen molar-refractivity contribution in [2.75, 3.05) is 11.9 Å². The number of anilines is 1. The summed E-state index contributed by atoms with van der Waals surface area (Å²) in [5.41, 5.74) is 0. The molecule has 21 heavy (non-hydrogen) atoms. The quantitative estimate of drug-likeness (QED) is 0.793. The van der Waals surface area contributed by atoms with Gasteiger partial charge in [0.05, 0.1) is 6.26 Å². The van der Waals surface area contributed by atoms with Gasteiger partial charge in [-0.2, -0.15) is 0 Å². The zero-order chi connectivity index (χ0) is 14.9. The molecule has 6 heteroatoms. The Bertz CT molecular complexity index is 606. The van der Waals surface area contributed by atoms with Crippen molar-refractivity contribution in [3.8, 4) is 0 Å². The molecule has 108 valence electrons. The number of aromatic nitrogens is 1. The van der Waals surface area contributed by atoms with Gasteiger partial charge in [-0.05, 0) is 30.3 Å². The van der Waals surface area contributed by atoms with E-state index in [1.165, 1.54) is 12.3 Å². The van der Waals surface area contributed by atoms with Crippen molar-refractivity contribution < 1.29 is 14.0 Å². The van der Waals surface area contributed by atoms with Crippen LogP contribution in [0.25, 0.3) is 6.08 Å². The van der Waals surface area contributed by atoms with Crippen LogP contribution in [0.4, 0.5) is 5.82 Å². The lowest BCUT2D eigenvalue weighted by Gasteiger charge is -2.04. The number of carbonyl (C=O) groups is 2. The SMILES string of the molecule is O=C(/C=C/c1ccco1)NCCC(=O)Nc1ccccn1. The van der Waals surface area contributed by atoms with Crippen LogP contribution in [0.2, 0.25) is 0 Å². The van der Waals surface area contributed by atoms with E-state index in [9.17, 15) is 9.59 Å². The molecular formula is C15H15N3O3. The van der Waals surface area contributed by atoms with Gasteiger partial charge in [0.1, 0.15) is 11.6 Å². The second-order valence-electron chi connectivity index (χ2n) is 4.15. The molecule has 0 saturated carbocycles. The molecule has 0 spiro atoms. The van der Waals surface area contributed by atoms with Gasteiger partial charge in [-0.15, -0.1) is 0 Å². The number of amides is 2. The van der Waals surface area contributed by atoms with Crippen molar-refractivity contribution in [2.24, 2.45) is 0 Å². The Labute approximate surface area is 121 Å². The predicted octanol–water partition coefficient (Wildman–Crippen LogP) is 1.83. The van der Waals surface area contributed by atoms with Crippen molar-refractivity contribution in [1.29, 1.82) is 0 Å². The zero-order valence-corrected chi connectivity index (χ0v) is 11.3. The lowest BCUT2D eigenvalue weighted by molar-refractivity contribution is -0.117. The molecule has 0 aromatic carbocycles. The highest BCUT2D eigenvalue weighted by Gasteiger charge is 2.03. The molecule has 0 bridgehead atoms. The van der Waals surface area contributed by atoms with Gasteiger partial charge in [0.15, 0.2) is 0 Å². The summed E-state index contributed by atoms with van der Waals surface area (Å²) in [6, 6.07) is 8.72. The molecule has 0 aliphatic heterocycles. The minimum Gasteiger partial charge on any atom is -0.465 e. The van der Waals surface area contributed by atoms with Crippen LogP contribution < -0.4 is 10.6 Å². The summed E-state index contributed by atoms with van der Waals surface area (Å²) in [5.74, 6) is 0.602. The number of hydrogen-bond donors (Lipinski definition) is 2. The Kier molecular flexibility index (Phi) is 5.28. The third kappa shape index (κ3) is 5.32. The normalized spacial score (nSPS) is 10.5. The maximum Gasteiger partial charge on any atom is 0.244 e. The molecule has 2 amide bonds. The highest BCUT2D eigenvalue weighted by atomic mass is 16.3. The van der Waals surface area contributed by atoms with Crippen LogP contribution in [-0.2, 0) is 9.59 Å². The van der Waals surface area contributed by atoms with Gasteiger partial charge in [-0.1, -0.05) is 6.07 Å². The third-order valence-corrected chi connectivity index (χ3v) is 2.53. The van der Waals surface area contributed by atoms with E-state index in [0.717, 1.165) is 0 Å². The number of furan rings is 1. The first kappa shape index (κ1) is 14.5. The summed E-state index contributed by atoms with van der Waals surface area (Å²) in [7, 11) is 0. The van der Waals surface area contributed by atoms with Gasteiger partial charge in [-0.25, -0.2) is 4.98 Å². The highest BCUT2D eigenvalue weighted by molar-refractivity contribution is 5.93. The van der Waals surface area contributed by atoms with Crippen molar-refractivity contribution >= 4 is 23.7 Å². The van der Waals surface area contributed by atoms with E-state index >= 15 is 0 Å². The second kappa shape index (κ2) is 7.64. The molecule has 0 unspecified atom stereocenters. The van der Waals surface area contributed by atoms with Gasteiger partial charge in [0, 0.05) is 25.2 Å². The van der Waals surface area contributed by atoms with E-state index < -0.39 is 0 Å². The first-order valence-corrected chi connectivity index (χ1v) is 6.44.